The monoisotopic (exact) mass is 476 g/mol. The van der Waals surface area contributed by atoms with Crippen LogP contribution in [0.3, 0.4) is 0 Å². The first-order valence-electron chi connectivity index (χ1n) is 9.76. The maximum absolute atomic E-state index is 12.8. The Kier molecular flexibility index (Phi) is 4.27. The van der Waals surface area contributed by atoms with Gasteiger partial charge in [-0.3, -0.25) is 4.79 Å². The van der Waals surface area contributed by atoms with Crippen LogP contribution in [-0.2, 0) is 9.53 Å². The summed E-state index contributed by atoms with van der Waals surface area (Å²) < 4.78 is 5.95. The maximum Gasteiger partial charge on any atom is 0.314 e. The molecule has 0 unspecified atom stereocenters. The second-order valence-electron chi connectivity index (χ2n) is 10.1. The SMILES string of the molecule is CC1(C)C[C@](O)(C[C@H]2CC[C@@]34C(=O)O[C@@](C)(CC[C@H]3Br)[C@@H]24)CC[C@H]1Br. The molecule has 4 aliphatic rings. The van der Waals surface area contributed by atoms with Gasteiger partial charge in [-0.15, -0.1) is 0 Å². The fraction of sp³-hybridized carbons (Fsp3) is 0.950. The lowest BCUT2D eigenvalue weighted by atomic mass is 9.59. The van der Waals surface area contributed by atoms with Crippen LogP contribution in [0.4, 0.5) is 0 Å². The van der Waals surface area contributed by atoms with Crippen molar-refractivity contribution in [1.29, 1.82) is 0 Å². The van der Waals surface area contributed by atoms with E-state index < -0.39 is 5.60 Å². The summed E-state index contributed by atoms with van der Waals surface area (Å²) in [7, 11) is 0. The summed E-state index contributed by atoms with van der Waals surface area (Å²) in [6, 6.07) is 0. The average Bonchev–Trinajstić information content (AvgIpc) is 2.96. The molecule has 25 heavy (non-hydrogen) atoms. The number of hydrogen-bond donors (Lipinski definition) is 1. The maximum atomic E-state index is 12.8. The molecule has 0 aromatic carbocycles. The number of alkyl halides is 2. The predicted octanol–water partition coefficient (Wildman–Crippen LogP) is 4.97. The Bertz CT molecular complexity index is 593. The second-order valence-corrected chi connectivity index (χ2v) is 12.3. The third-order valence-corrected chi connectivity index (χ3v) is 10.9. The summed E-state index contributed by atoms with van der Waals surface area (Å²) in [5.41, 5.74) is -1.19. The van der Waals surface area contributed by atoms with Crippen LogP contribution in [0.15, 0.2) is 0 Å². The summed E-state index contributed by atoms with van der Waals surface area (Å²) >= 11 is 7.63. The number of hydrogen-bond acceptors (Lipinski definition) is 3. The molecular weight excluding hydrogens is 448 g/mol. The molecule has 0 amide bonds. The average molecular weight is 478 g/mol. The first-order valence-corrected chi connectivity index (χ1v) is 11.6. The highest BCUT2D eigenvalue weighted by Crippen LogP contribution is 2.67. The van der Waals surface area contributed by atoms with Gasteiger partial charge in [-0.2, -0.15) is 0 Å². The van der Waals surface area contributed by atoms with Gasteiger partial charge in [-0.05, 0) is 69.6 Å². The van der Waals surface area contributed by atoms with Gasteiger partial charge in [0.25, 0.3) is 0 Å². The number of halogens is 2. The molecular formula is C20H30Br2O3. The lowest BCUT2D eigenvalue weighted by molar-refractivity contribution is -0.152. The smallest absolute Gasteiger partial charge is 0.314 e. The van der Waals surface area contributed by atoms with E-state index >= 15 is 0 Å². The molecule has 1 N–H and O–H groups in total. The summed E-state index contributed by atoms with van der Waals surface area (Å²) in [4.78, 5) is 13.5. The van der Waals surface area contributed by atoms with Gasteiger partial charge < -0.3 is 9.84 Å². The van der Waals surface area contributed by atoms with Gasteiger partial charge >= 0.3 is 5.97 Å². The summed E-state index contributed by atoms with van der Waals surface area (Å²) in [6.45, 7) is 6.64. The minimum atomic E-state index is -0.609. The van der Waals surface area contributed by atoms with E-state index in [1.807, 2.05) is 0 Å². The second kappa shape index (κ2) is 5.70. The van der Waals surface area contributed by atoms with Crippen LogP contribution in [0.25, 0.3) is 0 Å². The van der Waals surface area contributed by atoms with Crippen LogP contribution in [0.5, 0.6) is 0 Å². The molecule has 0 aromatic heterocycles. The van der Waals surface area contributed by atoms with Gasteiger partial charge in [0.2, 0.25) is 0 Å². The molecule has 3 saturated carbocycles. The fourth-order valence-electron chi connectivity index (χ4n) is 6.88. The van der Waals surface area contributed by atoms with E-state index in [-0.39, 0.29) is 33.1 Å². The van der Waals surface area contributed by atoms with Crippen molar-refractivity contribution >= 4 is 37.8 Å². The standard InChI is InChI=1S/C20H30Br2O3/c1-17(2)11-19(24,8-6-13(17)21)10-12-4-9-20-14(22)5-7-18(3,15(12)20)25-16(20)23/h12-15,24H,4-11H2,1-3H3/t12-,13-,14-,15-,18+,19-,20-/m1/s1. The van der Waals surface area contributed by atoms with Gasteiger partial charge in [0.1, 0.15) is 5.60 Å². The van der Waals surface area contributed by atoms with Crippen LogP contribution < -0.4 is 0 Å². The Labute approximate surface area is 167 Å². The molecule has 1 heterocycles. The van der Waals surface area contributed by atoms with E-state index in [9.17, 15) is 9.90 Å². The van der Waals surface area contributed by atoms with Crippen molar-refractivity contribution in [2.75, 3.05) is 0 Å². The van der Waals surface area contributed by atoms with Gasteiger partial charge in [0.15, 0.2) is 0 Å². The Morgan fingerprint density at radius 3 is 2.44 bits per heavy atom. The van der Waals surface area contributed by atoms with Crippen molar-refractivity contribution in [2.45, 2.75) is 93.0 Å². The predicted molar refractivity (Wildman–Crippen MR) is 105 cm³/mol. The summed E-state index contributed by atoms with van der Waals surface area (Å²) in [5, 5.41) is 11.4. The molecule has 0 spiro atoms. The van der Waals surface area contributed by atoms with E-state index in [0.717, 1.165) is 51.4 Å². The highest BCUT2D eigenvalue weighted by Gasteiger charge is 2.72. The molecule has 1 aliphatic heterocycles. The molecule has 7 atom stereocenters. The van der Waals surface area contributed by atoms with Gasteiger partial charge in [-0.25, -0.2) is 0 Å². The third kappa shape index (κ3) is 2.61. The minimum Gasteiger partial charge on any atom is -0.459 e. The Morgan fingerprint density at radius 2 is 1.76 bits per heavy atom. The zero-order valence-corrected chi connectivity index (χ0v) is 18.7. The Morgan fingerprint density at radius 1 is 1.08 bits per heavy atom. The van der Waals surface area contributed by atoms with Crippen LogP contribution in [0, 0.1) is 22.7 Å². The van der Waals surface area contributed by atoms with E-state index in [4.69, 9.17) is 4.74 Å². The lowest BCUT2D eigenvalue weighted by Crippen LogP contribution is -2.51. The van der Waals surface area contributed by atoms with E-state index in [1.54, 1.807) is 0 Å². The quantitative estimate of drug-likeness (QED) is 0.451. The summed E-state index contributed by atoms with van der Waals surface area (Å²) in [5.74, 6) is 0.641. The molecule has 0 aromatic rings. The van der Waals surface area contributed by atoms with Crippen LogP contribution >= 0.6 is 31.9 Å². The van der Waals surface area contributed by atoms with Gasteiger partial charge in [0.05, 0.1) is 11.0 Å². The molecule has 3 nitrogen and oxygen atoms in total. The van der Waals surface area contributed by atoms with E-state index in [2.05, 4.69) is 52.6 Å². The van der Waals surface area contributed by atoms with Crippen molar-refractivity contribution in [1.82, 2.24) is 0 Å². The molecule has 1 saturated heterocycles. The van der Waals surface area contributed by atoms with Crippen molar-refractivity contribution in [3.63, 3.8) is 0 Å². The number of aliphatic hydroxyl groups is 1. The fourth-order valence-corrected chi connectivity index (χ4v) is 8.20. The number of carbonyl (C=O) groups is 1. The number of ether oxygens (including phenoxy) is 1. The highest BCUT2D eigenvalue weighted by atomic mass is 79.9. The molecule has 4 fully saturated rings. The van der Waals surface area contributed by atoms with Crippen molar-refractivity contribution in [2.24, 2.45) is 22.7 Å². The van der Waals surface area contributed by atoms with E-state index in [1.165, 1.54) is 0 Å². The highest BCUT2D eigenvalue weighted by molar-refractivity contribution is 9.09. The Hall–Kier alpha value is 0.390. The van der Waals surface area contributed by atoms with Gasteiger partial charge in [-0.1, -0.05) is 45.7 Å². The number of carbonyl (C=O) groups excluding carboxylic acids is 1. The van der Waals surface area contributed by atoms with Crippen molar-refractivity contribution in [3.8, 4) is 0 Å². The third-order valence-electron chi connectivity index (χ3n) is 7.91. The summed E-state index contributed by atoms with van der Waals surface area (Å²) in [6.07, 6.45) is 7.40. The molecule has 2 bridgehead atoms. The van der Waals surface area contributed by atoms with Crippen LogP contribution in [0.2, 0.25) is 0 Å². The minimum absolute atomic E-state index is 0.0124. The molecule has 0 radical (unpaired) electrons. The zero-order chi connectivity index (χ0) is 18.3. The normalized spacial score (nSPS) is 54.2. The molecule has 5 heteroatoms. The van der Waals surface area contributed by atoms with E-state index in [0.29, 0.717) is 10.7 Å². The number of rotatable bonds is 2. The molecule has 4 rings (SSSR count). The van der Waals surface area contributed by atoms with Crippen molar-refractivity contribution in [3.05, 3.63) is 0 Å². The zero-order valence-electron chi connectivity index (χ0n) is 15.5. The molecule has 3 aliphatic carbocycles. The topological polar surface area (TPSA) is 46.5 Å². The largest absolute Gasteiger partial charge is 0.459 e. The van der Waals surface area contributed by atoms with Crippen molar-refractivity contribution < 1.29 is 14.6 Å². The van der Waals surface area contributed by atoms with Crippen LogP contribution in [-0.4, -0.2) is 31.9 Å². The lowest BCUT2D eigenvalue weighted by Gasteiger charge is -2.48. The number of esters is 1. The first-order chi connectivity index (χ1) is 11.5. The van der Waals surface area contributed by atoms with Gasteiger partial charge in [0, 0.05) is 15.6 Å². The van der Waals surface area contributed by atoms with Crippen LogP contribution in [0.1, 0.15) is 72.1 Å². The molecule has 142 valence electrons. The first kappa shape index (κ1) is 18.7. The Balaban J connectivity index is 1.60.